The number of ether oxygens (including phenoxy) is 1. The van der Waals surface area contributed by atoms with Gasteiger partial charge in [-0.25, -0.2) is 14.8 Å². The molecule has 5 heteroatoms. The second kappa shape index (κ2) is 3.61. The highest BCUT2D eigenvalue weighted by Crippen LogP contribution is 2.13. The van der Waals surface area contributed by atoms with Gasteiger partial charge in [-0.15, -0.1) is 0 Å². The van der Waals surface area contributed by atoms with E-state index in [0.29, 0.717) is 0 Å². The van der Waals surface area contributed by atoms with Gasteiger partial charge >= 0.3 is 5.97 Å². The Bertz CT molecular complexity index is 344. The van der Waals surface area contributed by atoms with Crippen molar-refractivity contribution in [2.75, 3.05) is 5.73 Å². The molecule has 0 fully saturated rings. The molecule has 14 heavy (non-hydrogen) atoms. The van der Waals surface area contributed by atoms with Crippen molar-refractivity contribution in [2.24, 2.45) is 0 Å². The molecule has 0 aliphatic heterocycles. The zero-order valence-corrected chi connectivity index (χ0v) is 8.44. The minimum atomic E-state index is -0.547. The van der Waals surface area contributed by atoms with Gasteiger partial charge in [-0.2, -0.15) is 0 Å². The number of aromatic nitrogens is 2. The third-order valence-corrected chi connectivity index (χ3v) is 1.33. The highest BCUT2D eigenvalue weighted by molar-refractivity contribution is 5.92. The molecule has 1 rings (SSSR count). The van der Waals surface area contributed by atoms with Gasteiger partial charge in [0.2, 0.25) is 0 Å². The van der Waals surface area contributed by atoms with Crippen molar-refractivity contribution < 1.29 is 9.53 Å². The Morgan fingerprint density at radius 1 is 1.50 bits per heavy atom. The number of carbonyl (C=O) groups is 1. The first-order valence-corrected chi connectivity index (χ1v) is 4.19. The van der Waals surface area contributed by atoms with E-state index in [0.717, 1.165) is 0 Å². The van der Waals surface area contributed by atoms with E-state index >= 15 is 0 Å². The lowest BCUT2D eigenvalue weighted by Gasteiger charge is -2.19. The highest BCUT2D eigenvalue weighted by atomic mass is 16.6. The van der Waals surface area contributed by atoms with Gasteiger partial charge in [0.1, 0.15) is 11.9 Å². The molecule has 0 saturated heterocycles. The zero-order valence-electron chi connectivity index (χ0n) is 8.44. The number of nitrogen functional groups attached to an aromatic ring is 1. The summed E-state index contributed by atoms with van der Waals surface area (Å²) in [5, 5.41) is 0. The topological polar surface area (TPSA) is 78.1 Å². The SMILES string of the molecule is CC(C)(C)OC(=O)c1ncncc1N. The molecule has 0 atom stereocenters. The number of hydrogen-bond acceptors (Lipinski definition) is 5. The van der Waals surface area contributed by atoms with E-state index in [1.807, 2.05) is 0 Å². The first-order valence-electron chi connectivity index (χ1n) is 4.19. The smallest absolute Gasteiger partial charge is 0.359 e. The van der Waals surface area contributed by atoms with Crippen LogP contribution in [0.2, 0.25) is 0 Å². The molecule has 0 amide bonds. The number of carbonyl (C=O) groups excluding carboxylic acids is 1. The molecule has 0 unspecified atom stereocenters. The average molecular weight is 195 g/mol. The van der Waals surface area contributed by atoms with Crippen molar-refractivity contribution in [3.63, 3.8) is 0 Å². The maximum absolute atomic E-state index is 11.5. The Morgan fingerprint density at radius 2 is 2.14 bits per heavy atom. The Hall–Kier alpha value is -1.65. The molecule has 0 aliphatic carbocycles. The minimum Gasteiger partial charge on any atom is -0.455 e. The van der Waals surface area contributed by atoms with Gasteiger partial charge in [0, 0.05) is 0 Å². The van der Waals surface area contributed by atoms with E-state index in [1.54, 1.807) is 20.8 Å². The van der Waals surface area contributed by atoms with Gasteiger partial charge in [0.05, 0.1) is 11.9 Å². The van der Waals surface area contributed by atoms with Gasteiger partial charge in [0.25, 0.3) is 0 Å². The molecule has 0 aliphatic rings. The number of esters is 1. The van der Waals surface area contributed by atoms with E-state index in [9.17, 15) is 4.79 Å². The molecule has 1 aromatic rings. The van der Waals surface area contributed by atoms with E-state index in [1.165, 1.54) is 12.5 Å². The Balaban J connectivity index is 2.86. The average Bonchev–Trinajstić information content (AvgIpc) is 2.01. The van der Waals surface area contributed by atoms with Crippen LogP contribution in [0.25, 0.3) is 0 Å². The van der Waals surface area contributed by atoms with Crippen LogP contribution in [0.4, 0.5) is 5.69 Å². The second-order valence-corrected chi connectivity index (χ2v) is 3.83. The number of nitrogens with two attached hydrogens (primary N) is 1. The van der Waals surface area contributed by atoms with Crippen LogP contribution in [0.3, 0.4) is 0 Å². The normalized spacial score (nSPS) is 11.1. The molecule has 0 bridgehead atoms. The maximum atomic E-state index is 11.5. The summed E-state index contributed by atoms with van der Waals surface area (Å²) in [4.78, 5) is 18.9. The first-order chi connectivity index (χ1) is 6.40. The molecule has 0 saturated carbocycles. The number of hydrogen-bond donors (Lipinski definition) is 1. The monoisotopic (exact) mass is 195 g/mol. The molecule has 1 heterocycles. The van der Waals surface area contributed by atoms with Crippen LogP contribution in [0.5, 0.6) is 0 Å². The van der Waals surface area contributed by atoms with Crippen molar-refractivity contribution in [2.45, 2.75) is 26.4 Å². The van der Waals surface area contributed by atoms with Crippen LogP contribution in [0.1, 0.15) is 31.3 Å². The summed E-state index contributed by atoms with van der Waals surface area (Å²) in [6.07, 6.45) is 2.63. The summed E-state index contributed by atoms with van der Waals surface area (Å²) in [6, 6.07) is 0. The molecular weight excluding hydrogens is 182 g/mol. The van der Waals surface area contributed by atoms with Gasteiger partial charge in [-0.3, -0.25) is 0 Å². The molecule has 2 N–H and O–H groups in total. The van der Waals surface area contributed by atoms with Crippen molar-refractivity contribution in [1.82, 2.24) is 9.97 Å². The van der Waals surface area contributed by atoms with Gasteiger partial charge in [-0.05, 0) is 20.8 Å². The third-order valence-electron chi connectivity index (χ3n) is 1.33. The molecule has 1 aromatic heterocycles. The van der Waals surface area contributed by atoms with Crippen molar-refractivity contribution in [3.8, 4) is 0 Å². The Kier molecular flexibility index (Phi) is 2.69. The molecular formula is C9H13N3O2. The fourth-order valence-corrected chi connectivity index (χ4v) is 0.837. The fourth-order valence-electron chi connectivity index (χ4n) is 0.837. The predicted molar refractivity (Wildman–Crippen MR) is 51.6 cm³/mol. The molecule has 0 spiro atoms. The van der Waals surface area contributed by atoms with E-state index in [4.69, 9.17) is 10.5 Å². The zero-order chi connectivity index (χ0) is 10.8. The summed E-state index contributed by atoms with van der Waals surface area (Å²) >= 11 is 0. The lowest BCUT2D eigenvalue weighted by molar-refractivity contribution is 0.00640. The second-order valence-electron chi connectivity index (χ2n) is 3.83. The fraction of sp³-hybridized carbons (Fsp3) is 0.444. The third kappa shape index (κ3) is 2.69. The van der Waals surface area contributed by atoms with Crippen LogP contribution in [0, 0.1) is 0 Å². The Labute approximate surface area is 82.3 Å². The first kappa shape index (κ1) is 10.4. The van der Waals surface area contributed by atoms with Crippen LogP contribution in [0.15, 0.2) is 12.5 Å². The van der Waals surface area contributed by atoms with Crippen LogP contribution < -0.4 is 5.73 Å². The molecule has 76 valence electrons. The molecule has 0 radical (unpaired) electrons. The minimum absolute atomic E-state index is 0.106. The largest absolute Gasteiger partial charge is 0.455 e. The Morgan fingerprint density at radius 3 is 2.64 bits per heavy atom. The van der Waals surface area contributed by atoms with Gasteiger partial charge in [-0.1, -0.05) is 0 Å². The van der Waals surface area contributed by atoms with Crippen LogP contribution >= 0.6 is 0 Å². The standard InChI is InChI=1S/C9H13N3O2/c1-9(2,3)14-8(13)7-6(10)4-11-5-12-7/h4-5H,10H2,1-3H3. The van der Waals surface area contributed by atoms with Crippen LogP contribution in [-0.4, -0.2) is 21.5 Å². The summed E-state index contributed by atoms with van der Waals surface area (Å²) in [7, 11) is 0. The molecule has 0 aromatic carbocycles. The summed E-state index contributed by atoms with van der Waals surface area (Å²) < 4.78 is 5.10. The van der Waals surface area contributed by atoms with E-state index in [2.05, 4.69) is 9.97 Å². The number of anilines is 1. The summed E-state index contributed by atoms with van der Waals surface area (Å²) in [5.74, 6) is -0.530. The van der Waals surface area contributed by atoms with E-state index < -0.39 is 11.6 Å². The van der Waals surface area contributed by atoms with Gasteiger partial charge in [0.15, 0.2) is 5.69 Å². The predicted octanol–water partition coefficient (Wildman–Crippen LogP) is 1.01. The number of rotatable bonds is 1. The summed E-state index contributed by atoms with van der Waals surface area (Å²) in [6.45, 7) is 5.34. The quantitative estimate of drug-likeness (QED) is 0.677. The lowest BCUT2D eigenvalue weighted by atomic mass is 10.2. The van der Waals surface area contributed by atoms with Gasteiger partial charge < -0.3 is 10.5 Å². The van der Waals surface area contributed by atoms with Crippen LogP contribution in [-0.2, 0) is 4.74 Å². The summed E-state index contributed by atoms with van der Waals surface area (Å²) in [5.41, 5.74) is 5.30. The number of nitrogens with zero attached hydrogens (tertiary/aromatic N) is 2. The highest BCUT2D eigenvalue weighted by Gasteiger charge is 2.20. The maximum Gasteiger partial charge on any atom is 0.359 e. The van der Waals surface area contributed by atoms with E-state index in [-0.39, 0.29) is 11.4 Å². The van der Waals surface area contributed by atoms with Crippen molar-refractivity contribution >= 4 is 11.7 Å². The van der Waals surface area contributed by atoms with Crippen molar-refractivity contribution in [1.29, 1.82) is 0 Å². The van der Waals surface area contributed by atoms with Crippen molar-refractivity contribution in [3.05, 3.63) is 18.2 Å². The lowest BCUT2D eigenvalue weighted by Crippen LogP contribution is -2.25. The molecule has 5 nitrogen and oxygen atoms in total.